The van der Waals surface area contributed by atoms with Crippen molar-refractivity contribution in [2.24, 2.45) is 0 Å². The number of anilines is 1. The summed E-state index contributed by atoms with van der Waals surface area (Å²) in [6.45, 7) is 3.64. The molecule has 0 bridgehead atoms. The average Bonchev–Trinajstić information content (AvgIpc) is 3.01. The molecule has 2 heterocycles. The number of aryl methyl sites for hydroxylation is 1. The van der Waals surface area contributed by atoms with Gasteiger partial charge in [-0.2, -0.15) is 5.10 Å². The first-order chi connectivity index (χ1) is 13.9. The summed E-state index contributed by atoms with van der Waals surface area (Å²) in [6.07, 6.45) is 1.72. The fourth-order valence-electron chi connectivity index (χ4n) is 3.15. The summed E-state index contributed by atoms with van der Waals surface area (Å²) in [7, 11) is 0. The summed E-state index contributed by atoms with van der Waals surface area (Å²) >= 11 is 11.9. The molecule has 1 saturated heterocycles. The first kappa shape index (κ1) is 21.4. The molecular formula is C19H23Cl2N5O3. The summed E-state index contributed by atoms with van der Waals surface area (Å²) < 4.78 is 7.02. The maximum atomic E-state index is 12.4. The summed E-state index contributed by atoms with van der Waals surface area (Å²) in [4.78, 5) is 24.5. The third-order valence-electron chi connectivity index (χ3n) is 4.38. The van der Waals surface area contributed by atoms with Gasteiger partial charge in [0.2, 0.25) is 5.91 Å². The second-order valence-corrected chi connectivity index (χ2v) is 7.70. The molecule has 3 N–H and O–H groups in total. The van der Waals surface area contributed by atoms with Crippen LogP contribution in [0.1, 0.15) is 38.2 Å². The lowest BCUT2D eigenvalue weighted by Gasteiger charge is -2.32. The van der Waals surface area contributed by atoms with Crippen LogP contribution in [-0.2, 0) is 9.59 Å². The van der Waals surface area contributed by atoms with E-state index in [0.717, 1.165) is 12.8 Å². The molecule has 1 aromatic heterocycles. The molecule has 1 aliphatic heterocycles. The van der Waals surface area contributed by atoms with Crippen LogP contribution >= 0.6 is 23.2 Å². The van der Waals surface area contributed by atoms with E-state index in [1.165, 1.54) is 0 Å². The van der Waals surface area contributed by atoms with Crippen LogP contribution < -0.4 is 20.7 Å². The van der Waals surface area contributed by atoms with Crippen LogP contribution in [0.4, 0.5) is 5.82 Å². The number of halogens is 2. The van der Waals surface area contributed by atoms with Crippen molar-refractivity contribution in [1.82, 2.24) is 20.4 Å². The number of aromatic nitrogens is 2. The lowest BCUT2D eigenvalue weighted by atomic mass is 10.1. The molecule has 10 heteroatoms. The van der Waals surface area contributed by atoms with Crippen molar-refractivity contribution in [3.63, 3.8) is 0 Å². The van der Waals surface area contributed by atoms with Gasteiger partial charge in [-0.15, -0.1) is 0 Å². The Morgan fingerprint density at radius 3 is 2.90 bits per heavy atom. The van der Waals surface area contributed by atoms with Gasteiger partial charge in [0.1, 0.15) is 11.6 Å². The number of amides is 2. The summed E-state index contributed by atoms with van der Waals surface area (Å²) in [5, 5.41) is 14.2. The molecule has 8 nitrogen and oxygen atoms in total. The number of carbonyl (C=O) groups is 2. The Morgan fingerprint density at radius 2 is 2.17 bits per heavy atom. The molecule has 156 valence electrons. The Kier molecular flexibility index (Phi) is 7.00. The zero-order valence-electron chi connectivity index (χ0n) is 16.2. The zero-order valence-corrected chi connectivity index (χ0v) is 17.7. The highest BCUT2D eigenvalue weighted by Gasteiger charge is 2.28. The fourth-order valence-corrected chi connectivity index (χ4v) is 3.61. The topological polar surface area (TPSA) is 97.3 Å². The SMILES string of the molecule is CCCC1CC(=O)NC(n2nc(C)cc2NC(=O)COc2ccc(Cl)cc2Cl)N1. The summed E-state index contributed by atoms with van der Waals surface area (Å²) in [6, 6.07) is 6.55. The number of ether oxygens (including phenoxy) is 1. The molecule has 2 unspecified atom stereocenters. The second kappa shape index (κ2) is 9.47. The quantitative estimate of drug-likeness (QED) is 0.614. The molecule has 3 rings (SSSR count). The largest absolute Gasteiger partial charge is 0.482 e. The number of rotatable bonds is 7. The molecule has 29 heavy (non-hydrogen) atoms. The first-order valence-electron chi connectivity index (χ1n) is 9.35. The van der Waals surface area contributed by atoms with Gasteiger partial charge in [-0.05, 0) is 31.5 Å². The van der Waals surface area contributed by atoms with Gasteiger partial charge in [0.25, 0.3) is 5.91 Å². The van der Waals surface area contributed by atoms with Crippen molar-refractivity contribution in [3.8, 4) is 5.75 Å². The molecule has 1 fully saturated rings. The first-order valence-corrected chi connectivity index (χ1v) is 10.1. The number of nitrogens with one attached hydrogen (secondary N) is 3. The number of hydrogen-bond acceptors (Lipinski definition) is 5. The molecule has 0 saturated carbocycles. The molecule has 1 aromatic carbocycles. The van der Waals surface area contributed by atoms with Crippen molar-refractivity contribution >= 4 is 40.8 Å². The molecule has 0 spiro atoms. The minimum Gasteiger partial charge on any atom is -0.482 e. The van der Waals surface area contributed by atoms with E-state index in [9.17, 15) is 9.59 Å². The van der Waals surface area contributed by atoms with E-state index in [-0.39, 0.29) is 24.5 Å². The Bertz CT molecular complexity index is 902. The Labute approximate surface area is 178 Å². The van der Waals surface area contributed by atoms with Crippen LogP contribution in [0.25, 0.3) is 0 Å². The van der Waals surface area contributed by atoms with E-state index in [0.29, 0.717) is 33.7 Å². The molecule has 0 aliphatic carbocycles. The van der Waals surface area contributed by atoms with Crippen LogP contribution in [-0.4, -0.2) is 34.2 Å². The lowest BCUT2D eigenvalue weighted by Crippen LogP contribution is -2.53. The third-order valence-corrected chi connectivity index (χ3v) is 4.91. The average molecular weight is 440 g/mol. The maximum Gasteiger partial charge on any atom is 0.263 e. The lowest BCUT2D eigenvalue weighted by molar-refractivity contribution is -0.125. The summed E-state index contributed by atoms with van der Waals surface area (Å²) in [5.41, 5.74) is 0.704. The maximum absolute atomic E-state index is 12.4. The number of carbonyl (C=O) groups excluding carboxylic acids is 2. The highest BCUT2D eigenvalue weighted by Crippen LogP contribution is 2.27. The van der Waals surface area contributed by atoms with E-state index >= 15 is 0 Å². The smallest absolute Gasteiger partial charge is 0.263 e. The molecular weight excluding hydrogens is 417 g/mol. The van der Waals surface area contributed by atoms with Gasteiger partial charge in [-0.25, -0.2) is 4.68 Å². The van der Waals surface area contributed by atoms with Gasteiger partial charge in [0.15, 0.2) is 12.9 Å². The van der Waals surface area contributed by atoms with Gasteiger partial charge in [0.05, 0.1) is 10.7 Å². The molecule has 2 amide bonds. The monoisotopic (exact) mass is 439 g/mol. The van der Waals surface area contributed by atoms with Crippen LogP contribution in [0, 0.1) is 6.92 Å². The molecule has 0 radical (unpaired) electrons. The van der Waals surface area contributed by atoms with Gasteiger partial charge < -0.3 is 15.4 Å². The number of hydrogen-bond donors (Lipinski definition) is 3. The van der Waals surface area contributed by atoms with Crippen molar-refractivity contribution in [1.29, 1.82) is 0 Å². The van der Waals surface area contributed by atoms with Crippen molar-refractivity contribution < 1.29 is 14.3 Å². The van der Waals surface area contributed by atoms with Gasteiger partial charge >= 0.3 is 0 Å². The van der Waals surface area contributed by atoms with Crippen LogP contribution in [0.15, 0.2) is 24.3 Å². The van der Waals surface area contributed by atoms with E-state index in [1.54, 1.807) is 28.9 Å². The predicted molar refractivity (Wildman–Crippen MR) is 111 cm³/mol. The highest BCUT2D eigenvalue weighted by atomic mass is 35.5. The van der Waals surface area contributed by atoms with E-state index in [2.05, 4.69) is 28.0 Å². The fraction of sp³-hybridized carbons (Fsp3) is 0.421. The highest BCUT2D eigenvalue weighted by molar-refractivity contribution is 6.35. The normalized spacial score (nSPS) is 19.0. The Morgan fingerprint density at radius 1 is 1.38 bits per heavy atom. The van der Waals surface area contributed by atoms with Crippen molar-refractivity contribution in [2.75, 3.05) is 11.9 Å². The van der Waals surface area contributed by atoms with Gasteiger partial charge in [-0.3, -0.25) is 14.9 Å². The number of nitrogens with zero attached hydrogens (tertiary/aromatic N) is 2. The van der Waals surface area contributed by atoms with E-state index < -0.39 is 6.29 Å². The van der Waals surface area contributed by atoms with Crippen LogP contribution in [0.5, 0.6) is 5.75 Å². The van der Waals surface area contributed by atoms with Crippen molar-refractivity contribution in [2.45, 2.75) is 45.4 Å². The Balaban J connectivity index is 1.66. The molecule has 1 aliphatic rings. The van der Waals surface area contributed by atoms with Crippen LogP contribution in [0.3, 0.4) is 0 Å². The minimum atomic E-state index is -0.538. The molecule has 2 atom stereocenters. The van der Waals surface area contributed by atoms with Gasteiger partial charge in [0, 0.05) is 23.6 Å². The minimum absolute atomic E-state index is 0.0571. The van der Waals surface area contributed by atoms with Crippen LogP contribution in [0.2, 0.25) is 10.0 Å². The van der Waals surface area contributed by atoms with E-state index in [4.69, 9.17) is 27.9 Å². The Hall–Kier alpha value is -2.29. The standard InChI is InChI=1S/C19H23Cl2N5O3/c1-3-4-13-9-17(27)24-19(22-13)26-16(7-11(2)25-26)23-18(28)10-29-15-6-5-12(20)8-14(15)21/h5-8,13,19,22H,3-4,9-10H2,1-2H3,(H,23,28)(H,24,27). The molecule has 2 aromatic rings. The zero-order chi connectivity index (χ0) is 21.0. The summed E-state index contributed by atoms with van der Waals surface area (Å²) in [5.74, 6) is 0.371. The predicted octanol–water partition coefficient (Wildman–Crippen LogP) is 3.25. The van der Waals surface area contributed by atoms with Crippen molar-refractivity contribution in [3.05, 3.63) is 40.0 Å². The third kappa shape index (κ3) is 5.62. The number of benzene rings is 1. The van der Waals surface area contributed by atoms with E-state index in [1.807, 2.05) is 6.92 Å². The second-order valence-electron chi connectivity index (χ2n) is 6.85. The van der Waals surface area contributed by atoms with Gasteiger partial charge in [-0.1, -0.05) is 36.5 Å².